The maximum atomic E-state index is 12.8. The fourth-order valence-corrected chi connectivity index (χ4v) is 4.39. The number of likely N-dealkylation sites (tertiary alicyclic amines) is 1. The third-order valence-corrected chi connectivity index (χ3v) is 6.04. The van der Waals surface area contributed by atoms with Crippen molar-refractivity contribution < 1.29 is 26.3 Å². The molecule has 1 fully saturated rings. The van der Waals surface area contributed by atoms with Gasteiger partial charge in [0.15, 0.2) is 0 Å². The Morgan fingerprint density at radius 1 is 1.40 bits per heavy atom. The van der Waals surface area contributed by atoms with Crippen LogP contribution in [0.3, 0.4) is 0 Å². The van der Waals surface area contributed by atoms with Crippen LogP contribution >= 0.6 is 11.6 Å². The predicted octanol–water partition coefficient (Wildman–Crippen LogP) is 2.75. The first kappa shape index (κ1) is 20.4. The van der Waals surface area contributed by atoms with Crippen LogP contribution in [-0.4, -0.2) is 52.7 Å². The summed E-state index contributed by atoms with van der Waals surface area (Å²) in [5.41, 5.74) is -1.06. The molecule has 0 spiro atoms. The van der Waals surface area contributed by atoms with E-state index in [1.54, 1.807) is 7.11 Å². The number of halogens is 4. The average molecular weight is 401 g/mol. The Bertz CT molecular complexity index is 698. The first-order valence-electron chi connectivity index (χ1n) is 7.74. The molecule has 0 amide bonds. The van der Waals surface area contributed by atoms with Crippen molar-refractivity contribution in [1.82, 2.24) is 9.62 Å². The minimum absolute atomic E-state index is 0.0190. The summed E-state index contributed by atoms with van der Waals surface area (Å²) >= 11 is 5.81. The molecular weight excluding hydrogens is 381 g/mol. The largest absolute Gasteiger partial charge is 0.416 e. The molecule has 0 bridgehead atoms. The van der Waals surface area contributed by atoms with Crippen molar-refractivity contribution in [3.8, 4) is 0 Å². The van der Waals surface area contributed by atoms with Gasteiger partial charge < -0.3 is 4.74 Å². The first-order chi connectivity index (χ1) is 11.6. The summed E-state index contributed by atoms with van der Waals surface area (Å²) < 4.78 is 70.6. The highest BCUT2D eigenvalue weighted by atomic mass is 35.5. The number of hydrogen-bond donors (Lipinski definition) is 1. The number of benzene rings is 1. The van der Waals surface area contributed by atoms with E-state index in [4.69, 9.17) is 16.3 Å². The molecule has 1 atom stereocenters. The second kappa shape index (κ2) is 8.22. The molecule has 0 aliphatic carbocycles. The monoisotopic (exact) mass is 400 g/mol. The highest BCUT2D eigenvalue weighted by Gasteiger charge is 2.33. The Labute approximate surface area is 150 Å². The summed E-state index contributed by atoms with van der Waals surface area (Å²) in [4.78, 5) is 1.53. The van der Waals surface area contributed by atoms with Crippen LogP contribution in [0.1, 0.15) is 18.4 Å². The third kappa shape index (κ3) is 5.30. The average Bonchev–Trinajstić information content (AvgIpc) is 2.97. The Balaban J connectivity index is 2.11. The zero-order valence-corrected chi connectivity index (χ0v) is 15.2. The maximum absolute atomic E-state index is 12.8. The summed E-state index contributed by atoms with van der Waals surface area (Å²) in [6.07, 6.45) is -2.90. The third-order valence-electron chi connectivity index (χ3n) is 4.14. The van der Waals surface area contributed by atoms with Crippen LogP contribution in [0.15, 0.2) is 23.1 Å². The van der Waals surface area contributed by atoms with E-state index in [1.807, 2.05) is 0 Å². The van der Waals surface area contributed by atoms with E-state index in [-0.39, 0.29) is 17.6 Å². The molecule has 1 aliphatic rings. The fraction of sp³-hybridized carbons (Fsp3) is 0.600. The highest BCUT2D eigenvalue weighted by molar-refractivity contribution is 7.89. The SMILES string of the molecule is COCCN1CCC[C@@H]1CNS(=O)(=O)c1cc(C(F)(F)F)ccc1Cl. The van der Waals surface area contributed by atoms with Crippen molar-refractivity contribution in [3.63, 3.8) is 0 Å². The van der Waals surface area contributed by atoms with Gasteiger partial charge in [0.2, 0.25) is 10.0 Å². The molecule has 0 radical (unpaired) electrons. The van der Waals surface area contributed by atoms with Crippen LogP contribution in [0, 0.1) is 0 Å². The van der Waals surface area contributed by atoms with E-state index < -0.39 is 26.7 Å². The molecule has 1 saturated heterocycles. The molecule has 0 aromatic heterocycles. The predicted molar refractivity (Wildman–Crippen MR) is 88.1 cm³/mol. The van der Waals surface area contributed by atoms with Crippen LogP contribution < -0.4 is 4.72 Å². The zero-order valence-electron chi connectivity index (χ0n) is 13.6. The second-order valence-corrected chi connectivity index (χ2v) is 7.96. The van der Waals surface area contributed by atoms with Crippen LogP contribution in [-0.2, 0) is 20.9 Å². The van der Waals surface area contributed by atoms with Gasteiger partial charge in [0.05, 0.1) is 17.2 Å². The number of sulfonamides is 1. The molecule has 142 valence electrons. The molecular formula is C15H20ClF3N2O3S. The number of hydrogen-bond acceptors (Lipinski definition) is 4. The summed E-state index contributed by atoms with van der Waals surface area (Å²) in [6, 6.07) is 2.24. The van der Waals surface area contributed by atoms with Crippen LogP contribution in [0.4, 0.5) is 13.2 Å². The molecule has 0 saturated carbocycles. The van der Waals surface area contributed by atoms with Gasteiger partial charge in [-0.2, -0.15) is 13.2 Å². The van der Waals surface area contributed by atoms with Gasteiger partial charge in [0.25, 0.3) is 0 Å². The number of nitrogens with zero attached hydrogens (tertiary/aromatic N) is 1. The lowest BCUT2D eigenvalue weighted by Gasteiger charge is -2.24. The Morgan fingerprint density at radius 3 is 2.76 bits per heavy atom. The van der Waals surface area contributed by atoms with Crippen LogP contribution in [0.2, 0.25) is 5.02 Å². The summed E-state index contributed by atoms with van der Waals surface area (Å²) in [6.45, 7) is 2.15. The van der Waals surface area contributed by atoms with Gasteiger partial charge in [-0.3, -0.25) is 4.90 Å². The van der Waals surface area contributed by atoms with Crippen molar-refractivity contribution in [2.24, 2.45) is 0 Å². The quantitative estimate of drug-likeness (QED) is 0.764. The van der Waals surface area contributed by atoms with E-state index in [2.05, 4.69) is 9.62 Å². The maximum Gasteiger partial charge on any atom is 0.416 e. The van der Waals surface area contributed by atoms with E-state index in [1.165, 1.54) is 0 Å². The Morgan fingerprint density at radius 2 is 2.12 bits per heavy atom. The molecule has 1 aromatic carbocycles. The molecule has 1 aliphatic heterocycles. The van der Waals surface area contributed by atoms with Gasteiger partial charge in [-0.15, -0.1) is 0 Å². The number of alkyl halides is 3. The number of ether oxygens (including phenoxy) is 1. The second-order valence-electron chi connectivity index (χ2n) is 5.82. The molecule has 25 heavy (non-hydrogen) atoms. The van der Waals surface area contributed by atoms with E-state index in [9.17, 15) is 21.6 Å². The fourth-order valence-electron chi connectivity index (χ4n) is 2.80. The minimum atomic E-state index is -4.64. The van der Waals surface area contributed by atoms with Gasteiger partial charge in [0, 0.05) is 26.2 Å². The summed E-state index contributed by atoms with van der Waals surface area (Å²) in [7, 11) is -2.56. The lowest BCUT2D eigenvalue weighted by Crippen LogP contribution is -2.41. The van der Waals surface area contributed by atoms with Crippen LogP contribution in [0.5, 0.6) is 0 Å². The van der Waals surface area contributed by atoms with Crippen LogP contribution in [0.25, 0.3) is 0 Å². The van der Waals surface area contributed by atoms with Crippen molar-refractivity contribution in [2.75, 3.05) is 33.4 Å². The van der Waals surface area contributed by atoms with Crippen molar-refractivity contribution in [3.05, 3.63) is 28.8 Å². The molecule has 1 heterocycles. The summed E-state index contributed by atoms with van der Waals surface area (Å²) in [5.74, 6) is 0. The Kier molecular flexibility index (Phi) is 6.72. The molecule has 2 rings (SSSR count). The Hall–Kier alpha value is -0.870. The molecule has 10 heteroatoms. The van der Waals surface area contributed by atoms with Crippen molar-refractivity contribution in [2.45, 2.75) is 30.0 Å². The minimum Gasteiger partial charge on any atom is -0.383 e. The van der Waals surface area contributed by atoms with Gasteiger partial charge >= 0.3 is 6.18 Å². The normalized spacial score (nSPS) is 19.5. The van der Waals surface area contributed by atoms with Gasteiger partial charge in [0.1, 0.15) is 4.90 Å². The van der Waals surface area contributed by atoms with E-state index >= 15 is 0 Å². The topological polar surface area (TPSA) is 58.6 Å². The van der Waals surface area contributed by atoms with Crippen molar-refractivity contribution in [1.29, 1.82) is 0 Å². The van der Waals surface area contributed by atoms with E-state index in [0.717, 1.165) is 31.5 Å². The number of rotatable bonds is 7. The standard InChI is InChI=1S/C15H20ClF3N2O3S/c1-24-8-7-21-6-2-3-12(21)10-20-25(22,23)14-9-11(15(17,18)19)4-5-13(14)16/h4-5,9,12,20H,2-3,6-8,10H2,1H3/t12-/m1/s1. The lowest BCUT2D eigenvalue weighted by molar-refractivity contribution is -0.137. The molecule has 1 aromatic rings. The molecule has 0 unspecified atom stereocenters. The lowest BCUT2D eigenvalue weighted by atomic mass is 10.2. The van der Waals surface area contributed by atoms with Gasteiger partial charge in [-0.05, 0) is 37.6 Å². The summed E-state index contributed by atoms with van der Waals surface area (Å²) in [5, 5.41) is -0.247. The zero-order chi connectivity index (χ0) is 18.7. The smallest absolute Gasteiger partial charge is 0.383 e. The highest BCUT2D eigenvalue weighted by Crippen LogP contribution is 2.33. The van der Waals surface area contributed by atoms with E-state index in [0.29, 0.717) is 19.2 Å². The molecule has 5 nitrogen and oxygen atoms in total. The van der Waals surface area contributed by atoms with Gasteiger partial charge in [-0.1, -0.05) is 11.6 Å². The van der Waals surface area contributed by atoms with Gasteiger partial charge in [-0.25, -0.2) is 13.1 Å². The first-order valence-corrected chi connectivity index (χ1v) is 9.60. The molecule has 1 N–H and O–H groups in total. The van der Waals surface area contributed by atoms with Crippen molar-refractivity contribution >= 4 is 21.6 Å². The number of methoxy groups -OCH3 is 1. The number of nitrogens with one attached hydrogen (secondary N) is 1.